The van der Waals surface area contributed by atoms with Crippen molar-refractivity contribution < 1.29 is 13.8 Å². The maximum absolute atomic E-state index is 12.7. The summed E-state index contributed by atoms with van der Waals surface area (Å²) in [6.45, 7) is 3.97. The van der Waals surface area contributed by atoms with Gasteiger partial charge in [0.2, 0.25) is 0 Å². The van der Waals surface area contributed by atoms with Crippen molar-refractivity contribution in [1.82, 2.24) is 15.3 Å². The fourth-order valence-electron chi connectivity index (χ4n) is 2.66. The van der Waals surface area contributed by atoms with Crippen LogP contribution in [0.15, 0.2) is 69.7 Å². The van der Waals surface area contributed by atoms with Crippen LogP contribution < -0.4 is 5.32 Å². The van der Waals surface area contributed by atoms with Crippen molar-refractivity contribution in [2.75, 3.05) is 5.32 Å². The van der Waals surface area contributed by atoms with Crippen molar-refractivity contribution in [1.29, 1.82) is 0 Å². The van der Waals surface area contributed by atoms with Gasteiger partial charge in [-0.1, -0.05) is 66.6 Å². The number of nitrogens with zero attached hydrogens (tertiary/aromatic N) is 3. The molecular formula is C21H18N4O3. The molecule has 2 heterocycles. The Morgan fingerprint density at radius 3 is 2.46 bits per heavy atom. The molecule has 4 aromatic rings. The number of carbonyl (C=O) groups is 1. The zero-order chi connectivity index (χ0) is 19.5. The topological polar surface area (TPSA) is 94.1 Å². The molecular weight excluding hydrogens is 356 g/mol. The molecule has 0 saturated carbocycles. The smallest absolute Gasteiger partial charge is 0.277 e. The number of carbonyl (C=O) groups excluding carboxylic acids is 1. The summed E-state index contributed by atoms with van der Waals surface area (Å²) in [6, 6.07) is 18.3. The standard InChI is InChI=1S/C21H18N4O3/c1-13(2)19-23-21(28-25-19)15-10-6-7-11-16(15)22-20(26)17-12-18(27-24-17)14-8-4-3-5-9-14/h3-13H,1-2H3,(H,22,26). The third-order valence-corrected chi connectivity index (χ3v) is 4.16. The lowest BCUT2D eigenvalue weighted by molar-refractivity contribution is 0.101. The molecule has 1 N–H and O–H groups in total. The summed E-state index contributed by atoms with van der Waals surface area (Å²) in [4.78, 5) is 17.1. The number of aromatic nitrogens is 3. The average Bonchev–Trinajstić information content (AvgIpc) is 3.39. The van der Waals surface area contributed by atoms with Gasteiger partial charge in [-0.15, -0.1) is 0 Å². The average molecular weight is 374 g/mol. The number of benzene rings is 2. The van der Waals surface area contributed by atoms with Crippen LogP contribution in [0.3, 0.4) is 0 Å². The van der Waals surface area contributed by atoms with Gasteiger partial charge in [-0.2, -0.15) is 4.98 Å². The summed E-state index contributed by atoms with van der Waals surface area (Å²) in [5.74, 6) is 1.25. The van der Waals surface area contributed by atoms with Gasteiger partial charge in [-0.25, -0.2) is 0 Å². The summed E-state index contributed by atoms with van der Waals surface area (Å²) in [5.41, 5.74) is 2.22. The molecule has 1 amide bonds. The summed E-state index contributed by atoms with van der Waals surface area (Å²) >= 11 is 0. The highest BCUT2D eigenvalue weighted by Gasteiger charge is 2.18. The van der Waals surface area contributed by atoms with Crippen molar-refractivity contribution in [3.8, 4) is 22.8 Å². The predicted octanol–water partition coefficient (Wildman–Crippen LogP) is 4.77. The second-order valence-corrected chi connectivity index (χ2v) is 6.55. The van der Waals surface area contributed by atoms with Crippen LogP contribution in [-0.2, 0) is 0 Å². The first-order valence-corrected chi connectivity index (χ1v) is 8.88. The first kappa shape index (κ1) is 17.7. The predicted molar refractivity (Wildman–Crippen MR) is 104 cm³/mol. The van der Waals surface area contributed by atoms with E-state index in [-0.39, 0.29) is 17.5 Å². The molecule has 2 aromatic carbocycles. The van der Waals surface area contributed by atoms with E-state index in [1.165, 1.54) is 0 Å². The summed E-state index contributed by atoms with van der Waals surface area (Å²) in [7, 11) is 0. The molecule has 0 saturated heterocycles. The molecule has 0 aliphatic heterocycles. The first-order chi connectivity index (χ1) is 13.6. The fourth-order valence-corrected chi connectivity index (χ4v) is 2.66. The maximum Gasteiger partial charge on any atom is 0.277 e. The molecule has 28 heavy (non-hydrogen) atoms. The minimum Gasteiger partial charge on any atom is -0.355 e. The Hall–Kier alpha value is -3.74. The van der Waals surface area contributed by atoms with Crippen LogP contribution in [0.5, 0.6) is 0 Å². The van der Waals surface area contributed by atoms with Crippen LogP contribution in [0.2, 0.25) is 0 Å². The zero-order valence-electron chi connectivity index (χ0n) is 15.4. The van der Waals surface area contributed by atoms with E-state index in [4.69, 9.17) is 9.05 Å². The molecule has 2 aromatic heterocycles. The van der Waals surface area contributed by atoms with Gasteiger partial charge in [0.05, 0.1) is 11.3 Å². The molecule has 140 valence electrons. The third kappa shape index (κ3) is 3.55. The van der Waals surface area contributed by atoms with Gasteiger partial charge < -0.3 is 14.4 Å². The molecule has 0 unspecified atom stereocenters. The highest BCUT2D eigenvalue weighted by molar-refractivity contribution is 6.05. The van der Waals surface area contributed by atoms with E-state index in [0.717, 1.165) is 5.56 Å². The zero-order valence-corrected chi connectivity index (χ0v) is 15.4. The van der Waals surface area contributed by atoms with E-state index >= 15 is 0 Å². The number of para-hydroxylation sites is 1. The molecule has 0 aliphatic rings. The third-order valence-electron chi connectivity index (χ3n) is 4.16. The van der Waals surface area contributed by atoms with Gasteiger partial charge in [0, 0.05) is 17.5 Å². The molecule has 7 nitrogen and oxygen atoms in total. The summed E-state index contributed by atoms with van der Waals surface area (Å²) in [6.07, 6.45) is 0. The second-order valence-electron chi connectivity index (χ2n) is 6.55. The van der Waals surface area contributed by atoms with Crippen molar-refractivity contribution in [2.24, 2.45) is 0 Å². The Morgan fingerprint density at radius 2 is 1.71 bits per heavy atom. The van der Waals surface area contributed by atoms with Crippen molar-refractivity contribution in [3.05, 3.63) is 72.2 Å². The molecule has 0 fully saturated rings. The van der Waals surface area contributed by atoms with E-state index in [2.05, 4.69) is 20.6 Å². The molecule has 0 atom stereocenters. The molecule has 4 rings (SSSR count). The number of rotatable bonds is 5. The molecule has 0 aliphatic carbocycles. The van der Waals surface area contributed by atoms with Crippen molar-refractivity contribution >= 4 is 11.6 Å². The number of hydrogen-bond acceptors (Lipinski definition) is 6. The van der Waals surface area contributed by atoms with E-state index in [1.807, 2.05) is 62.4 Å². The molecule has 7 heteroatoms. The molecule has 0 spiro atoms. The van der Waals surface area contributed by atoms with Gasteiger partial charge >= 0.3 is 0 Å². The van der Waals surface area contributed by atoms with Gasteiger partial charge in [0.15, 0.2) is 17.3 Å². The number of anilines is 1. The molecule has 0 radical (unpaired) electrons. The minimum atomic E-state index is -0.387. The maximum atomic E-state index is 12.7. The quantitative estimate of drug-likeness (QED) is 0.541. The number of nitrogens with one attached hydrogen (secondary N) is 1. The van der Waals surface area contributed by atoms with Gasteiger partial charge in [0.25, 0.3) is 11.8 Å². The van der Waals surface area contributed by atoms with Crippen molar-refractivity contribution in [2.45, 2.75) is 19.8 Å². The number of hydrogen-bond donors (Lipinski definition) is 1. The highest BCUT2D eigenvalue weighted by Crippen LogP contribution is 2.28. The Kier molecular flexibility index (Phi) is 4.72. The van der Waals surface area contributed by atoms with Gasteiger partial charge in [0.1, 0.15) is 0 Å². The minimum absolute atomic E-state index is 0.144. The fraction of sp³-hybridized carbons (Fsp3) is 0.143. The van der Waals surface area contributed by atoms with E-state index in [9.17, 15) is 4.79 Å². The normalized spacial score (nSPS) is 11.0. The Balaban J connectivity index is 1.58. The van der Waals surface area contributed by atoms with Crippen LogP contribution in [0.1, 0.15) is 36.1 Å². The van der Waals surface area contributed by atoms with Crippen LogP contribution in [0.25, 0.3) is 22.8 Å². The lowest BCUT2D eigenvalue weighted by atomic mass is 10.1. The van der Waals surface area contributed by atoms with E-state index in [0.29, 0.717) is 28.7 Å². The van der Waals surface area contributed by atoms with Gasteiger partial charge in [-0.05, 0) is 12.1 Å². The van der Waals surface area contributed by atoms with E-state index < -0.39 is 0 Å². The van der Waals surface area contributed by atoms with Crippen LogP contribution in [-0.4, -0.2) is 21.2 Å². The van der Waals surface area contributed by atoms with Crippen LogP contribution >= 0.6 is 0 Å². The second kappa shape index (κ2) is 7.48. The van der Waals surface area contributed by atoms with E-state index in [1.54, 1.807) is 12.1 Å². The lowest BCUT2D eigenvalue weighted by Gasteiger charge is -2.06. The van der Waals surface area contributed by atoms with Crippen LogP contribution in [0.4, 0.5) is 5.69 Å². The Bertz CT molecular complexity index is 1100. The Morgan fingerprint density at radius 1 is 0.964 bits per heavy atom. The first-order valence-electron chi connectivity index (χ1n) is 8.88. The van der Waals surface area contributed by atoms with Gasteiger partial charge in [-0.3, -0.25) is 4.79 Å². The largest absolute Gasteiger partial charge is 0.355 e. The summed E-state index contributed by atoms with van der Waals surface area (Å²) in [5, 5.41) is 10.7. The molecule has 0 bridgehead atoms. The lowest BCUT2D eigenvalue weighted by Crippen LogP contribution is -2.12. The SMILES string of the molecule is CC(C)c1noc(-c2ccccc2NC(=O)c2cc(-c3ccccc3)on2)n1. The highest BCUT2D eigenvalue weighted by atomic mass is 16.5. The van der Waals surface area contributed by atoms with Crippen molar-refractivity contribution in [3.63, 3.8) is 0 Å². The Labute approximate surface area is 161 Å². The number of amides is 1. The monoisotopic (exact) mass is 374 g/mol. The van der Waals surface area contributed by atoms with Crippen LogP contribution in [0, 0.1) is 0 Å². The summed E-state index contributed by atoms with van der Waals surface area (Å²) < 4.78 is 10.7.